The van der Waals surface area contributed by atoms with Gasteiger partial charge in [0, 0.05) is 0 Å². The largest absolute Gasteiger partial charge is 0.422 e. The Morgan fingerprint density at radius 2 is 1.64 bits per heavy atom. The summed E-state index contributed by atoms with van der Waals surface area (Å²) in [7, 11) is 0. The number of aliphatic hydroxyl groups is 1. The normalized spacial score (nSPS) is 21.8. The van der Waals surface area contributed by atoms with Gasteiger partial charge in [0.25, 0.3) is 0 Å². The van der Waals surface area contributed by atoms with E-state index in [1.807, 2.05) is 0 Å². The van der Waals surface area contributed by atoms with Crippen molar-refractivity contribution in [3.8, 4) is 0 Å². The third-order valence-electron chi connectivity index (χ3n) is 1.37. The van der Waals surface area contributed by atoms with Gasteiger partial charge >= 0.3 is 17.9 Å². The lowest BCUT2D eigenvalue weighted by molar-refractivity contribution is -0.314. The summed E-state index contributed by atoms with van der Waals surface area (Å²) in [6.45, 7) is 3.12. The Kier molecular flexibility index (Phi) is 1.60. The molecular formula is C6H8O5. The molecule has 0 radical (unpaired) electrons. The predicted octanol–water partition coefficient (Wildman–Crippen LogP) is -0.612. The van der Waals surface area contributed by atoms with E-state index in [4.69, 9.17) is 0 Å². The maximum atomic E-state index is 10.4. The maximum Gasteiger partial charge on any atom is 0.422 e. The topological polar surface area (TPSA) is 72.8 Å². The number of carbonyl (C=O) groups is 2. The summed E-state index contributed by atoms with van der Waals surface area (Å²) in [6, 6.07) is 0. The van der Waals surface area contributed by atoms with Crippen LogP contribution in [0.4, 0.5) is 0 Å². The highest BCUT2D eigenvalue weighted by atomic mass is 16.9. The van der Waals surface area contributed by atoms with Crippen molar-refractivity contribution >= 4 is 11.9 Å². The second kappa shape index (κ2) is 2.20. The number of hydrogen-bond donors (Lipinski definition) is 1. The van der Waals surface area contributed by atoms with Gasteiger partial charge in [-0.25, -0.2) is 9.59 Å². The fourth-order valence-corrected chi connectivity index (χ4v) is 0.606. The van der Waals surface area contributed by atoms with Crippen molar-refractivity contribution in [2.24, 2.45) is 5.92 Å². The first-order chi connectivity index (χ1) is 4.96. The Morgan fingerprint density at radius 1 is 1.27 bits per heavy atom. The number of cyclic esters (lactones) is 2. The average molecular weight is 160 g/mol. The van der Waals surface area contributed by atoms with Gasteiger partial charge in [0.05, 0.1) is 5.92 Å². The van der Waals surface area contributed by atoms with Crippen LogP contribution >= 0.6 is 0 Å². The Hall–Kier alpha value is -1.10. The highest BCUT2D eigenvalue weighted by Gasteiger charge is 2.49. The van der Waals surface area contributed by atoms with Crippen LogP contribution in [0.25, 0.3) is 0 Å². The Bertz CT molecular complexity index is 191. The summed E-state index contributed by atoms with van der Waals surface area (Å²) in [5, 5.41) is 9.22. The third kappa shape index (κ3) is 1.19. The van der Waals surface area contributed by atoms with Gasteiger partial charge in [0.15, 0.2) is 0 Å². The molecule has 0 aromatic heterocycles. The zero-order chi connectivity index (χ0) is 8.65. The van der Waals surface area contributed by atoms with Crippen molar-refractivity contribution in [2.45, 2.75) is 19.8 Å². The molecule has 1 aliphatic heterocycles. The van der Waals surface area contributed by atoms with Gasteiger partial charge in [-0.2, -0.15) is 0 Å². The van der Waals surface area contributed by atoms with Crippen molar-refractivity contribution in [3.05, 3.63) is 0 Å². The molecule has 0 aliphatic carbocycles. The van der Waals surface area contributed by atoms with E-state index in [1.54, 1.807) is 13.8 Å². The lowest BCUT2D eigenvalue weighted by Crippen LogP contribution is -2.36. The van der Waals surface area contributed by atoms with Crippen LogP contribution in [0.2, 0.25) is 0 Å². The number of rotatable bonds is 1. The smallest absolute Gasteiger partial charge is 0.389 e. The van der Waals surface area contributed by atoms with E-state index >= 15 is 0 Å². The van der Waals surface area contributed by atoms with Crippen molar-refractivity contribution < 1.29 is 24.2 Å². The number of ether oxygens (including phenoxy) is 2. The first-order valence-electron chi connectivity index (χ1n) is 3.14. The fourth-order valence-electron chi connectivity index (χ4n) is 0.606. The number of carbonyl (C=O) groups excluding carboxylic acids is 2. The van der Waals surface area contributed by atoms with E-state index in [9.17, 15) is 14.7 Å². The van der Waals surface area contributed by atoms with Gasteiger partial charge in [0.1, 0.15) is 0 Å². The molecule has 0 unspecified atom stereocenters. The lowest BCUT2D eigenvalue weighted by Gasteiger charge is -2.21. The molecule has 0 bridgehead atoms. The highest BCUT2D eigenvalue weighted by molar-refractivity contribution is 6.31. The number of esters is 2. The van der Waals surface area contributed by atoms with E-state index in [-0.39, 0.29) is 0 Å². The van der Waals surface area contributed by atoms with E-state index in [0.29, 0.717) is 0 Å². The van der Waals surface area contributed by atoms with Crippen LogP contribution in [0.1, 0.15) is 13.8 Å². The molecule has 0 amide bonds. The van der Waals surface area contributed by atoms with Crippen molar-refractivity contribution in [3.63, 3.8) is 0 Å². The summed E-state index contributed by atoms with van der Waals surface area (Å²) in [4.78, 5) is 20.9. The summed E-state index contributed by atoms with van der Waals surface area (Å²) in [5.41, 5.74) is 0. The molecule has 1 N–H and O–H groups in total. The Morgan fingerprint density at radius 3 is 1.82 bits per heavy atom. The molecule has 0 atom stereocenters. The van der Waals surface area contributed by atoms with Crippen LogP contribution in [-0.4, -0.2) is 23.0 Å². The minimum absolute atomic E-state index is 0.474. The van der Waals surface area contributed by atoms with Crippen LogP contribution < -0.4 is 0 Å². The second-order valence-corrected chi connectivity index (χ2v) is 2.56. The standard InChI is InChI=1S/C6H8O5/c1-3(2)6(9)10-4(7)5(8)11-6/h3,9H,1-2H3. The Balaban J connectivity index is 2.79. The van der Waals surface area contributed by atoms with E-state index in [2.05, 4.69) is 9.47 Å². The molecule has 62 valence electrons. The van der Waals surface area contributed by atoms with Gasteiger partial charge in [-0.15, -0.1) is 0 Å². The molecule has 5 nitrogen and oxygen atoms in total. The zero-order valence-electron chi connectivity index (χ0n) is 6.16. The molecule has 0 spiro atoms. The van der Waals surface area contributed by atoms with Gasteiger partial charge in [-0.3, -0.25) is 0 Å². The first-order valence-corrected chi connectivity index (χ1v) is 3.14. The van der Waals surface area contributed by atoms with E-state index in [0.717, 1.165) is 0 Å². The minimum Gasteiger partial charge on any atom is -0.389 e. The van der Waals surface area contributed by atoms with Gasteiger partial charge < -0.3 is 14.6 Å². The third-order valence-corrected chi connectivity index (χ3v) is 1.37. The monoisotopic (exact) mass is 160 g/mol. The van der Waals surface area contributed by atoms with Crippen LogP contribution in [0.3, 0.4) is 0 Å². The van der Waals surface area contributed by atoms with Gasteiger partial charge in [0.2, 0.25) is 0 Å². The lowest BCUT2D eigenvalue weighted by atomic mass is 10.2. The molecule has 0 saturated carbocycles. The molecule has 1 fully saturated rings. The first kappa shape index (κ1) is 8.00. The van der Waals surface area contributed by atoms with E-state index in [1.165, 1.54) is 0 Å². The minimum atomic E-state index is -2.06. The van der Waals surface area contributed by atoms with Crippen molar-refractivity contribution in [2.75, 3.05) is 0 Å². The molecular weight excluding hydrogens is 152 g/mol. The summed E-state index contributed by atoms with van der Waals surface area (Å²) >= 11 is 0. The molecule has 11 heavy (non-hydrogen) atoms. The molecule has 1 saturated heterocycles. The van der Waals surface area contributed by atoms with Crippen molar-refractivity contribution in [1.82, 2.24) is 0 Å². The highest BCUT2D eigenvalue weighted by Crippen LogP contribution is 2.25. The van der Waals surface area contributed by atoms with Crippen LogP contribution in [0.15, 0.2) is 0 Å². The molecule has 1 heterocycles. The summed E-state index contributed by atoms with van der Waals surface area (Å²) in [5.74, 6) is -4.84. The van der Waals surface area contributed by atoms with Crippen LogP contribution in [-0.2, 0) is 19.1 Å². The number of hydrogen-bond acceptors (Lipinski definition) is 5. The molecule has 1 rings (SSSR count). The van der Waals surface area contributed by atoms with E-state index < -0.39 is 23.8 Å². The Labute approximate surface area is 62.9 Å². The molecule has 1 aliphatic rings. The van der Waals surface area contributed by atoms with Crippen LogP contribution in [0.5, 0.6) is 0 Å². The predicted molar refractivity (Wildman–Crippen MR) is 32.0 cm³/mol. The van der Waals surface area contributed by atoms with Gasteiger partial charge in [-0.1, -0.05) is 13.8 Å². The quantitative estimate of drug-likeness (QED) is 0.409. The second-order valence-electron chi connectivity index (χ2n) is 2.56. The zero-order valence-corrected chi connectivity index (χ0v) is 6.16. The molecule has 0 aromatic rings. The van der Waals surface area contributed by atoms with Gasteiger partial charge in [-0.05, 0) is 0 Å². The summed E-state index contributed by atoms with van der Waals surface area (Å²) in [6.07, 6.45) is 0. The molecule has 0 aromatic carbocycles. The fraction of sp³-hybridized carbons (Fsp3) is 0.667. The SMILES string of the molecule is CC(C)C1(O)OC(=O)C(=O)O1. The molecule has 5 heteroatoms. The average Bonchev–Trinajstić information content (AvgIpc) is 2.09. The maximum absolute atomic E-state index is 10.4. The summed E-state index contributed by atoms with van der Waals surface area (Å²) < 4.78 is 8.53. The van der Waals surface area contributed by atoms with Crippen molar-refractivity contribution in [1.29, 1.82) is 0 Å². The van der Waals surface area contributed by atoms with Crippen LogP contribution in [0, 0.1) is 5.92 Å².